The fraction of sp³-hybridized carbons (Fsp3) is 0.529. The first kappa shape index (κ1) is 44.8. The Labute approximate surface area is 301 Å². The zero-order valence-electron chi connectivity index (χ0n) is 29.8. The van der Waals surface area contributed by atoms with Crippen LogP contribution in [0.3, 0.4) is 0 Å². The van der Waals surface area contributed by atoms with E-state index in [2.05, 4.69) is 0 Å². The van der Waals surface area contributed by atoms with E-state index in [-0.39, 0.29) is 80.6 Å². The Morgan fingerprint density at radius 3 is 0.816 bits per heavy atom. The molecule has 0 N–H and O–H groups in total. The minimum absolute atomic E-state index is 0. The number of rotatable bonds is 16. The van der Waals surface area contributed by atoms with E-state index < -0.39 is 58.3 Å². The number of ether oxygens (including phenoxy) is 6. The molecule has 0 amide bonds. The monoisotopic (exact) mass is 724 g/mol. The number of carboxylic acid groups (broad SMARTS) is 4. The Balaban J connectivity index is 0.000000922. The van der Waals surface area contributed by atoms with Crippen molar-refractivity contribution in [1.29, 1.82) is 0 Å². The van der Waals surface area contributed by atoms with E-state index in [1.807, 2.05) is 0 Å². The molecule has 15 heteroatoms. The van der Waals surface area contributed by atoms with Gasteiger partial charge in [-0.25, -0.2) is 0 Å². The van der Waals surface area contributed by atoms with Gasteiger partial charge in [0.15, 0.2) is 23.0 Å². The van der Waals surface area contributed by atoms with Gasteiger partial charge in [0.2, 0.25) is 0 Å². The summed E-state index contributed by atoms with van der Waals surface area (Å²) in [6.45, 7) is 20.2. The van der Waals surface area contributed by atoms with Crippen molar-refractivity contribution in [2.45, 2.75) is 120 Å². The molecule has 14 nitrogen and oxygen atoms in total. The molecule has 0 fully saturated rings. The minimum Gasteiger partial charge on any atom is -0.545 e. The van der Waals surface area contributed by atoms with Crippen LogP contribution in [0.4, 0.5) is 0 Å². The van der Waals surface area contributed by atoms with Gasteiger partial charge in [-0.15, -0.1) is 0 Å². The molecule has 268 valence electrons. The summed E-state index contributed by atoms with van der Waals surface area (Å²) < 4.78 is 33.0. The molecule has 2 rings (SSSR count). The SMILES string of the molecule is CC(C)Oc1cc(C(=O)[O-])c(OC(C)C)c(C(=O)[O-])c1OC(C)C.CC(C)Oc1cc(C(=O)[O-])c(OC(C)C)c(C(=O)[O-])c1OC(C)C.[Ti+4]. The van der Waals surface area contributed by atoms with Gasteiger partial charge in [0.05, 0.1) is 71.6 Å². The fourth-order valence-electron chi connectivity index (χ4n) is 4.02. The maximum atomic E-state index is 11.7. The fourth-order valence-corrected chi connectivity index (χ4v) is 4.02. The van der Waals surface area contributed by atoms with E-state index in [0.29, 0.717) is 0 Å². The van der Waals surface area contributed by atoms with Gasteiger partial charge >= 0.3 is 21.7 Å². The normalized spacial score (nSPS) is 10.8. The van der Waals surface area contributed by atoms with E-state index in [1.165, 1.54) is 0 Å². The van der Waals surface area contributed by atoms with E-state index in [9.17, 15) is 39.6 Å². The van der Waals surface area contributed by atoms with Crippen molar-refractivity contribution in [3.05, 3.63) is 34.4 Å². The zero-order chi connectivity index (χ0) is 37.2. The van der Waals surface area contributed by atoms with E-state index >= 15 is 0 Å². The summed E-state index contributed by atoms with van der Waals surface area (Å²) in [5.41, 5.74) is -1.88. The molecule has 0 saturated carbocycles. The molecule has 0 aliphatic carbocycles. The third-order valence-corrected chi connectivity index (χ3v) is 5.38. The summed E-state index contributed by atoms with van der Waals surface area (Å²) in [6.07, 6.45) is -2.35. The third-order valence-electron chi connectivity index (χ3n) is 5.38. The number of carbonyl (C=O) groups is 4. The molecule has 49 heavy (non-hydrogen) atoms. The molecule has 0 unspecified atom stereocenters. The van der Waals surface area contributed by atoms with Crippen LogP contribution in [0.5, 0.6) is 34.5 Å². The van der Waals surface area contributed by atoms with Gasteiger partial charge in [0.25, 0.3) is 0 Å². The Bertz CT molecular complexity index is 1350. The van der Waals surface area contributed by atoms with Crippen LogP contribution in [-0.2, 0) is 21.7 Å². The number of hydrogen-bond acceptors (Lipinski definition) is 14. The Hall–Kier alpha value is -4.17. The van der Waals surface area contributed by atoms with E-state index in [0.717, 1.165) is 12.1 Å². The van der Waals surface area contributed by atoms with E-state index in [4.69, 9.17) is 28.4 Å². The van der Waals surface area contributed by atoms with Gasteiger partial charge in [0.1, 0.15) is 11.5 Å². The third kappa shape index (κ3) is 13.3. The van der Waals surface area contributed by atoms with Crippen molar-refractivity contribution < 1.29 is 89.7 Å². The minimum atomic E-state index is -1.63. The molecule has 0 aromatic heterocycles. The molecule has 2 aromatic carbocycles. The van der Waals surface area contributed by atoms with Crippen molar-refractivity contribution in [2.75, 3.05) is 0 Å². The van der Waals surface area contributed by atoms with Crippen molar-refractivity contribution in [2.24, 2.45) is 0 Å². The second-order valence-electron chi connectivity index (χ2n) is 12.1. The quantitative estimate of drug-likeness (QED) is 0.225. The predicted octanol–water partition coefficient (Wildman–Crippen LogP) is 1.55. The molecular weight excluding hydrogens is 680 g/mol. The summed E-state index contributed by atoms with van der Waals surface area (Å²) in [7, 11) is 0. The van der Waals surface area contributed by atoms with Crippen LogP contribution in [0.25, 0.3) is 0 Å². The zero-order valence-corrected chi connectivity index (χ0v) is 31.4. The molecule has 0 atom stereocenters. The summed E-state index contributed by atoms with van der Waals surface area (Å²) in [5, 5.41) is 46.3. The summed E-state index contributed by atoms with van der Waals surface area (Å²) in [5.74, 6) is -7.44. The van der Waals surface area contributed by atoms with Gasteiger partial charge < -0.3 is 68.0 Å². The second-order valence-corrected chi connectivity index (χ2v) is 12.1. The summed E-state index contributed by atoms with van der Waals surface area (Å²) in [6, 6.07) is 2.30. The van der Waals surface area contributed by atoms with Crippen molar-refractivity contribution >= 4 is 23.9 Å². The van der Waals surface area contributed by atoms with Crippen LogP contribution >= 0.6 is 0 Å². The molecule has 0 heterocycles. The summed E-state index contributed by atoms with van der Waals surface area (Å²) in [4.78, 5) is 46.3. The maximum Gasteiger partial charge on any atom is 4.00 e. The van der Waals surface area contributed by atoms with Crippen molar-refractivity contribution in [3.63, 3.8) is 0 Å². The molecule has 0 aliphatic heterocycles. The number of carboxylic acids is 4. The van der Waals surface area contributed by atoms with Gasteiger partial charge in [-0.2, -0.15) is 0 Å². The van der Waals surface area contributed by atoms with Crippen LogP contribution < -0.4 is 48.8 Å². The molecule has 0 aliphatic rings. The van der Waals surface area contributed by atoms with Gasteiger partial charge in [-0.3, -0.25) is 0 Å². The van der Waals surface area contributed by atoms with Crippen LogP contribution in [-0.4, -0.2) is 60.5 Å². The first-order chi connectivity index (χ1) is 22.1. The number of carbonyl (C=O) groups excluding carboxylic acids is 4. The second kappa shape index (κ2) is 19.7. The van der Waals surface area contributed by atoms with Crippen molar-refractivity contribution in [3.8, 4) is 34.5 Å². The topological polar surface area (TPSA) is 216 Å². The maximum absolute atomic E-state index is 11.7. The predicted molar refractivity (Wildman–Crippen MR) is 165 cm³/mol. The van der Waals surface area contributed by atoms with Gasteiger partial charge in [-0.1, -0.05) is 0 Å². The van der Waals surface area contributed by atoms with Crippen LogP contribution in [0.1, 0.15) is 125 Å². The average molecular weight is 725 g/mol. The molecule has 0 spiro atoms. The number of hydrogen-bond donors (Lipinski definition) is 0. The summed E-state index contributed by atoms with van der Waals surface area (Å²) >= 11 is 0. The van der Waals surface area contributed by atoms with Gasteiger partial charge in [-0.05, 0) is 95.2 Å². The van der Waals surface area contributed by atoms with Crippen LogP contribution in [0.2, 0.25) is 0 Å². The largest absolute Gasteiger partial charge is 4.00 e. The van der Waals surface area contributed by atoms with Crippen LogP contribution in [0.15, 0.2) is 12.1 Å². The molecule has 2 aromatic rings. The smallest absolute Gasteiger partial charge is 0.545 e. The van der Waals surface area contributed by atoms with Gasteiger partial charge in [0, 0.05) is 11.1 Å². The standard InChI is InChI=1S/2C17H24O7.Ti/c2*1-8(2)22-12-7-11(16(18)19)14(23-9(3)4)13(17(20)21)15(12)24-10(5)6;/h2*7-10H,1-6H3,(H,18,19)(H,20,21);/q;;+4/p-4. The number of benzene rings is 2. The average Bonchev–Trinajstić information content (AvgIpc) is 2.89. The molecule has 0 radical (unpaired) electrons. The molecular formula is C34H44O14Ti. The Kier molecular flexibility index (Phi) is 18.1. The Morgan fingerprint density at radius 1 is 0.408 bits per heavy atom. The van der Waals surface area contributed by atoms with E-state index in [1.54, 1.807) is 83.1 Å². The Morgan fingerprint density at radius 2 is 0.633 bits per heavy atom. The first-order valence-corrected chi connectivity index (χ1v) is 15.4. The molecule has 0 saturated heterocycles. The van der Waals surface area contributed by atoms with Crippen LogP contribution in [0, 0.1) is 0 Å². The number of aromatic carboxylic acids is 4. The first-order valence-electron chi connectivity index (χ1n) is 15.4. The molecule has 0 bridgehead atoms. The van der Waals surface area contributed by atoms with Crippen molar-refractivity contribution in [1.82, 2.24) is 0 Å².